The molecule has 0 atom stereocenters. The standard InChI is InChI=1S/C19H20FNO2/c1-2-23-17-9-3-14(4-10-17)18(22)21-13-19(11-12-19)15-5-7-16(20)8-6-15/h3-10H,2,11-13H2,1H3,(H,21,22). The van der Waals surface area contributed by atoms with Gasteiger partial charge in [0, 0.05) is 17.5 Å². The lowest BCUT2D eigenvalue weighted by Gasteiger charge is -2.16. The van der Waals surface area contributed by atoms with Crippen molar-refractivity contribution < 1.29 is 13.9 Å². The molecule has 2 aromatic rings. The number of carbonyl (C=O) groups excluding carboxylic acids is 1. The van der Waals surface area contributed by atoms with Crippen LogP contribution in [0.3, 0.4) is 0 Å². The number of amides is 1. The second kappa shape index (κ2) is 6.41. The molecule has 1 aliphatic carbocycles. The summed E-state index contributed by atoms with van der Waals surface area (Å²) in [6, 6.07) is 13.7. The van der Waals surface area contributed by atoms with E-state index in [0.717, 1.165) is 24.2 Å². The molecular weight excluding hydrogens is 293 g/mol. The fraction of sp³-hybridized carbons (Fsp3) is 0.316. The average molecular weight is 313 g/mol. The summed E-state index contributed by atoms with van der Waals surface area (Å²) in [6.07, 6.45) is 2.03. The molecule has 120 valence electrons. The van der Waals surface area contributed by atoms with Crippen molar-refractivity contribution in [3.63, 3.8) is 0 Å². The molecule has 0 heterocycles. The Kier molecular flexibility index (Phi) is 4.33. The van der Waals surface area contributed by atoms with Gasteiger partial charge in [-0.15, -0.1) is 0 Å². The Morgan fingerprint density at radius 3 is 2.35 bits per heavy atom. The number of benzene rings is 2. The molecule has 1 fully saturated rings. The van der Waals surface area contributed by atoms with Gasteiger partial charge in [0.25, 0.3) is 5.91 Å². The molecule has 1 amide bonds. The molecule has 0 unspecified atom stereocenters. The van der Waals surface area contributed by atoms with Crippen molar-refractivity contribution in [2.45, 2.75) is 25.2 Å². The number of hydrogen-bond acceptors (Lipinski definition) is 2. The lowest BCUT2D eigenvalue weighted by atomic mass is 9.96. The Bertz CT molecular complexity index is 676. The molecule has 1 aliphatic rings. The van der Waals surface area contributed by atoms with Crippen molar-refractivity contribution in [1.82, 2.24) is 5.32 Å². The van der Waals surface area contributed by atoms with Gasteiger partial charge in [-0.1, -0.05) is 12.1 Å². The number of rotatable bonds is 6. The van der Waals surface area contributed by atoms with E-state index in [0.29, 0.717) is 18.7 Å². The number of halogens is 1. The maximum absolute atomic E-state index is 13.0. The highest BCUT2D eigenvalue weighted by molar-refractivity contribution is 5.94. The number of carbonyl (C=O) groups is 1. The molecule has 0 saturated heterocycles. The normalized spacial score (nSPS) is 15.0. The van der Waals surface area contributed by atoms with Crippen molar-refractivity contribution in [3.8, 4) is 5.75 Å². The number of hydrogen-bond donors (Lipinski definition) is 1. The van der Waals surface area contributed by atoms with Crippen LogP contribution in [0.4, 0.5) is 4.39 Å². The van der Waals surface area contributed by atoms with Crippen LogP contribution >= 0.6 is 0 Å². The molecule has 0 radical (unpaired) electrons. The van der Waals surface area contributed by atoms with Crippen LogP contribution < -0.4 is 10.1 Å². The van der Waals surface area contributed by atoms with E-state index < -0.39 is 0 Å². The number of nitrogens with one attached hydrogen (secondary N) is 1. The van der Waals surface area contributed by atoms with Gasteiger partial charge in [-0.25, -0.2) is 4.39 Å². The van der Waals surface area contributed by atoms with Crippen LogP contribution in [0.5, 0.6) is 5.75 Å². The van der Waals surface area contributed by atoms with Gasteiger partial charge >= 0.3 is 0 Å². The zero-order chi connectivity index (χ0) is 16.3. The van der Waals surface area contributed by atoms with E-state index in [-0.39, 0.29) is 17.1 Å². The molecule has 3 nitrogen and oxygen atoms in total. The molecule has 0 spiro atoms. The van der Waals surface area contributed by atoms with E-state index >= 15 is 0 Å². The van der Waals surface area contributed by atoms with Crippen molar-refractivity contribution in [3.05, 3.63) is 65.5 Å². The largest absolute Gasteiger partial charge is 0.494 e. The van der Waals surface area contributed by atoms with Crippen LogP contribution in [0.1, 0.15) is 35.7 Å². The maximum Gasteiger partial charge on any atom is 0.251 e. The van der Waals surface area contributed by atoms with Crippen LogP contribution in [-0.4, -0.2) is 19.1 Å². The van der Waals surface area contributed by atoms with Gasteiger partial charge in [-0.2, -0.15) is 0 Å². The SMILES string of the molecule is CCOc1ccc(C(=O)NCC2(c3ccc(F)cc3)CC2)cc1. The maximum atomic E-state index is 13.0. The van der Waals surface area contributed by atoms with E-state index in [4.69, 9.17) is 4.74 Å². The molecule has 0 aromatic heterocycles. The van der Waals surface area contributed by atoms with E-state index in [1.54, 1.807) is 24.3 Å². The average Bonchev–Trinajstić information content (AvgIpc) is 3.35. The molecule has 1 N–H and O–H groups in total. The lowest BCUT2D eigenvalue weighted by Crippen LogP contribution is -2.32. The summed E-state index contributed by atoms with van der Waals surface area (Å²) < 4.78 is 18.4. The lowest BCUT2D eigenvalue weighted by molar-refractivity contribution is 0.0949. The van der Waals surface area contributed by atoms with E-state index in [1.165, 1.54) is 12.1 Å². The summed E-state index contributed by atoms with van der Waals surface area (Å²) >= 11 is 0. The van der Waals surface area contributed by atoms with E-state index in [1.807, 2.05) is 19.1 Å². The third kappa shape index (κ3) is 3.52. The first kappa shape index (κ1) is 15.5. The summed E-state index contributed by atoms with van der Waals surface area (Å²) in [5.74, 6) is 0.429. The molecule has 0 aliphatic heterocycles. The zero-order valence-corrected chi connectivity index (χ0v) is 13.1. The second-order valence-corrected chi connectivity index (χ2v) is 5.93. The van der Waals surface area contributed by atoms with Gasteiger partial charge < -0.3 is 10.1 Å². The third-order valence-corrected chi connectivity index (χ3v) is 4.32. The van der Waals surface area contributed by atoms with Gasteiger partial charge in [0.2, 0.25) is 0 Å². The Hall–Kier alpha value is -2.36. The predicted octanol–water partition coefficient (Wildman–Crippen LogP) is 3.69. The summed E-state index contributed by atoms with van der Waals surface area (Å²) in [7, 11) is 0. The van der Waals surface area contributed by atoms with Crippen LogP contribution in [0.25, 0.3) is 0 Å². The smallest absolute Gasteiger partial charge is 0.251 e. The van der Waals surface area contributed by atoms with Gasteiger partial charge in [-0.3, -0.25) is 4.79 Å². The highest BCUT2D eigenvalue weighted by Crippen LogP contribution is 2.47. The molecule has 1 saturated carbocycles. The van der Waals surface area contributed by atoms with Gasteiger partial charge in [-0.05, 0) is 61.7 Å². The first-order valence-corrected chi connectivity index (χ1v) is 7.90. The molecule has 4 heteroatoms. The quantitative estimate of drug-likeness (QED) is 0.883. The van der Waals surface area contributed by atoms with Gasteiger partial charge in [0.1, 0.15) is 11.6 Å². The Morgan fingerprint density at radius 1 is 1.13 bits per heavy atom. The van der Waals surface area contributed by atoms with Crippen LogP contribution in [-0.2, 0) is 5.41 Å². The zero-order valence-electron chi connectivity index (χ0n) is 13.1. The van der Waals surface area contributed by atoms with Crippen molar-refractivity contribution in [2.24, 2.45) is 0 Å². The van der Waals surface area contributed by atoms with Crippen molar-refractivity contribution >= 4 is 5.91 Å². The topological polar surface area (TPSA) is 38.3 Å². The fourth-order valence-electron chi connectivity index (χ4n) is 2.74. The monoisotopic (exact) mass is 313 g/mol. The molecule has 2 aromatic carbocycles. The van der Waals surface area contributed by atoms with Gasteiger partial charge in [0.05, 0.1) is 6.61 Å². The number of ether oxygens (including phenoxy) is 1. The minimum atomic E-state index is -0.233. The first-order chi connectivity index (χ1) is 11.1. The Balaban J connectivity index is 1.61. The molecule has 3 rings (SSSR count). The second-order valence-electron chi connectivity index (χ2n) is 5.93. The Labute approximate surface area is 135 Å². The summed E-state index contributed by atoms with van der Waals surface area (Å²) in [5, 5.41) is 2.99. The fourth-order valence-corrected chi connectivity index (χ4v) is 2.74. The molecule has 0 bridgehead atoms. The van der Waals surface area contributed by atoms with Crippen molar-refractivity contribution in [1.29, 1.82) is 0 Å². The van der Waals surface area contributed by atoms with E-state index in [2.05, 4.69) is 5.32 Å². The van der Waals surface area contributed by atoms with Crippen LogP contribution in [0.15, 0.2) is 48.5 Å². The van der Waals surface area contributed by atoms with E-state index in [9.17, 15) is 9.18 Å². The van der Waals surface area contributed by atoms with Crippen LogP contribution in [0, 0.1) is 5.82 Å². The highest BCUT2D eigenvalue weighted by atomic mass is 19.1. The molecular formula is C19H20FNO2. The predicted molar refractivity (Wildman–Crippen MR) is 87.3 cm³/mol. The minimum Gasteiger partial charge on any atom is -0.494 e. The van der Waals surface area contributed by atoms with Crippen molar-refractivity contribution in [2.75, 3.05) is 13.2 Å². The molecule has 23 heavy (non-hydrogen) atoms. The highest BCUT2D eigenvalue weighted by Gasteiger charge is 2.44. The summed E-state index contributed by atoms with van der Waals surface area (Å²) in [4.78, 5) is 12.3. The summed E-state index contributed by atoms with van der Waals surface area (Å²) in [6.45, 7) is 3.10. The van der Waals surface area contributed by atoms with Gasteiger partial charge in [0.15, 0.2) is 0 Å². The minimum absolute atomic E-state index is 0.0331. The first-order valence-electron chi connectivity index (χ1n) is 7.90. The van der Waals surface area contributed by atoms with Crippen LogP contribution in [0.2, 0.25) is 0 Å². The summed E-state index contributed by atoms with van der Waals surface area (Å²) in [5.41, 5.74) is 1.67. The third-order valence-electron chi connectivity index (χ3n) is 4.32. The Morgan fingerprint density at radius 2 is 1.78 bits per heavy atom.